The molecule has 0 aliphatic heterocycles. The van der Waals surface area contributed by atoms with Gasteiger partial charge in [-0.25, -0.2) is 0 Å². The van der Waals surface area contributed by atoms with Gasteiger partial charge in [0.15, 0.2) is 0 Å². The average molecular weight is 360 g/mol. The van der Waals surface area contributed by atoms with Crippen LogP contribution in [-0.2, 0) is 4.79 Å². The first-order chi connectivity index (χ1) is 11.5. The minimum absolute atomic E-state index is 0.368. The van der Waals surface area contributed by atoms with Crippen LogP contribution in [0.5, 0.6) is 0 Å². The molecule has 3 nitrogen and oxygen atoms in total. The number of rotatable bonds is 8. The fourth-order valence-corrected chi connectivity index (χ4v) is 10.0. The fraction of sp³-hybridized carbons (Fsp3) is 0.316. The van der Waals surface area contributed by atoms with Crippen molar-refractivity contribution < 1.29 is 9.90 Å². The Labute approximate surface area is 149 Å². The van der Waals surface area contributed by atoms with E-state index in [1.165, 1.54) is 10.4 Å². The van der Waals surface area contributed by atoms with E-state index in [1.54, 1.807) is 11.8 Å². The van der Waals surface area contributed by atoms with Crippen molar-refractivity contribution in [2.45, 2.75) is 30.8 Å². The maximum atomic E-state index is 11.1. The van der Waals surface area contributed by atoms with Crippen molar-refractivity contribution in [3.8, 4) is 0 Å². The number of aliphatic carboxylic acids is 1. The normalized spacial score (nSPS) is 14.1. The lowest BCUT2D eigenvalue weighted by molar-refractivity contribution is -0.137. The van der Waals surface area contributed by atoms with Crippen molar-refractivity contribution in [2.24, 2.45) is 5.73 Å². The summed E-state index contributed by atoms with van der Waals surface area (Å²) in [5.41, 5.74) is 5.74. The van der Waals surface area contributed by atoms with Crippen molar-refractivity contribution in [3.63, 3.8) is 0 Å². The monoisotopic (exact) mass is 359 g/mol. The number of nitrogens with two attached hydrogens (primary N) is 1. The lowest BCUT2D eigenvalue weighted by atomic mass is 10.4. The first kappa shape index (κ1) is 18.8. The summed E-state index contributed by atoms with van der Waals surface area (Å²) in [5, 5.41) is 11.8. The third kappa shape index (κ3) is 4.09. The molecule has 1 unspecified atom stereocenters. The molecular formula is C19H25NO2SSi. The van der Waals surface area contributed by atoms with Gasteiger partial charge >= 0.3 is 5.97 Å². The molecule has 0 saturated heterocycles. The molecule has 2 aromatic rings. The molecule has 0 aliphatic rings. The van der Waals surface area contributed by atoms with E-state index in [1.807, 2.05) is 12.1 Å². The summed E-state index contributed by atoms with van der Waals surface area (Å²) < 4.78 is 0. The molecule has 0 amide bonds. The van der Waals surface area contributed by atoms with Gasteiger partial charge in [0.05, 0.1) is 0 Å². The highest BCUT2D eigenvalue weighted by Crippen LogP contribution is 2.26. The molecule has 5 heteroatoms. The highest BCUT2D eigenvalue weighted by molar-refractivity contribution is 8.02. The number of hydrogen-bond donors (Lipinski definition) is 2. The Morgan fingerprint density at radius 1 is 1.08 bits per heavy atom. The van der Waals surface area contributed by atoms with Gasteiger partial charge in [-0.1, -0.05) is 84.5 Å². The van der Waals surface area contributed by atoms with Crippen LogP contribution in [0.3, 0.4) is 0 Å². The summed E-state index contributed by atoms with van der Waals surface area (Å²) in [6.45, 7) is 4.56. The van der Waals surface area contributed by atoms with Crippen LogP contribution in [0.15, 0.2) is 60.7 Å². The summed E-state index contributed by atoms with van der Waals surface area (Å²) in [4.78, 5) is 11.4. The zero-order chi connectivity index (χ0) is 17.6. The van der Waals surface area contributed by atoms with Gasteiger partial charge in [-0.15, -0.1) is 0 Å². The van der Waals surface area contributed by atoms with Crippen molar-refractivity contribution >= 4 is 36.2 Å². The molecule has 2 aromatic carbocycles. The lowest BCUT2D eigenvalue weighted by Gasteiger charge is -2.36. The average Bonchev–Trinajstić information content (AvgIpc) is 2.63. The second kappa shape index (κ2) is 8.51. The topological polar surface area (TPSA) is 63.3 Å². The molecule has 2 rings (SSSR count). The SMILES string of the molecule is CCC(SC[C@H](N)C(=O)O)[Si](C)(c1ccccc1)c1ccccc1. The minimum Gasteiger partial charge on any atom is -0.480 e. The van der Waals surface area contributed by atoms with Gasteiger partial charge in [0.1, 0.15) is 14.1 Å². The lowest BCUT2D eigenvalue weighted by Crippen LogP contribution is -2.63. The molecule has 128 valence electrons. The summed E-state index contributed by atoms with van der Waals surface area (Å²) in [7, 11) is -2.02. The fourth-order valence-electron chi connectivity index (χ4n) is 3.09. The Balaban J connectivity index is 2.39. The summed E-state index contributed by atoms with van der Waals surface area (Å²) in [6.07, 6.45) is 0.990. The largest absolute Gasteiger partial charge is 0.480 e. The molecular weight excluding hydrogens is 334 g/mol. The maximum absolute atomic E-state index is 11.1. The van der Waals surface area contributed by atoms with Crippen molar-refractivity contribution in [2.75, 3.05) is 5.75 Å². The summed E-state index contributed by atoms with van der Waals surface area (Å²) in [5.74, 6) is -0.490. The molecule has 0 spiro atoms. The van der Waals surface area contributed by atoms with Gasteiger partial charge in [-0.3, -0.25) is 4.79 Å². The highest BCUT2D eigenvalue weighted by atomic mass is 32.2. The van der Waals surface area contributed by atoms with Crippen molar-refractivity contribution in [3.05, 3.63) is 60.7 Å². The molecule has 24 heavy (non-hydrogen) atoms. The molecule has 0 fully saturated rings. The Morgan fingerprint density at radius 2 is 1.54 bits per heavy atom. The zero-order valence-electron chi connectivity index (χ0n) is 14.2. The van der Waals surface area contributed by atoms with Gasteiger partial charge < -0.3 is 10.8 Å². The Morgan fingerprint density at radius 3 is 1.92 bits per heavy atom. The van der Waals surface area contributed by atoms with Gasteiger partial charge in [0.25, 0.3) is 0 Å². The number of carboxylic acid groups (broad SMARTS) is 1. The van der Waals surface area contributed by atoms with E-state index < -0.39 is 20.1 Å². The van der Waals surface area contributed by atoms with Crippen molar-refractivity contribution in [1.29, 1.82) is 0 Å². The molecule has 3 N–H and O–H groups in total. The van der Waals surface area contributed by atoms with E-state index in [9.17, 15) is 4.79 Å². The van der Waals surface area contributed by atoms with Crippen molar-refractivity contribution in [1.82, 2.24) is 0 Å². The molecule has 0 aromatic heterocycles. The Hall–Kier alpha value is -1.56. The third-order valence-corrected chi connectivity index (χ3v) is 12.5. The number of benzene rings is 2. The number of carboxylic acids is 1. The Kier molecular flexibility index (Phi) is 6.66. The highest BCUT2D eigenvalue weighted by Gasteiger charge is 2.39. The van der Waals surface area contributed by atoms with Gasteiger partial charge in [0.2, 0.25) is 0 Å². The molecule has 0 heterocycles. The first-order valence-corrected chi connectivity index (χ1v) is 11.8. The molecule has 2 atom stereocenters. The van der Waals surface area contributed by atoms with Crippen LogP contribution in [0.2, 0.25) is 6.55 Å². The van der Waals surface area contributed by atoms with Crippen LogP contribution in [0.1, 0.15) is 13.3 Å². The number of carbonyl (C=O) groups is 1. The second-order valence-corrected chi connectivity index (χ2v) is 12.0. The second-order valence-electron chi connectivity index (χ2n) is 6.11. The van der Waals surface area contributed by atoms with Crippen LogP contribution < -0.4 is 16.1 Å². The van der Waals surface area contributed by atoms with E-state index in [0.717, 1.165) is 6.42 Å². The van der Waals surface area contributed by atoms with Crippen LogP contribution >= 0.6 is 11.8 Å². The molecule has 0 radical (unpaired) electrons. The van der Waals surface area contributed by atoms with Crippen LogP contribution in [0.25, 0.3) is 0 Å². The van der Waals surface area contributed by atoms with E-state index >= 15 is 0 Å². The van der Waals surface area contributed by atoms with E-state index in [2.05, 4.69) is 62.0 Å². The number of hydrogen-bond acceptors (Lipinski definition) is 3. The maximum Gasteiger partial charge on any atom is 0.321 e. The first-order valence-electron chi connectivity index (χ1n) is 8.21. The van der Waals surface area contributed by atoms with Crippen LogP contribution in [0, 0.1) is 0 Å². The predicted molar refractivity (Wildman–Crippen MR) is 106 cm³/mol. The molecule has 0 aliphatic carbocycles. The van der Waals surface area contributed by atoms with Crippen LogP contribution in [-0.4, -0.2) is 35.8 Å². The quantitative estimate of drug-likeness (QED) is 0.710. The van der Waals surface area contributed by atoms with E-state index in [4.69, 9.17) is 10.8 Å². The molecule has 0 saturated carbocycles. The number of thioether (sulfide) groups is 1. The minimum atomic E-state index is -2.02. The van der Waals surface area contributed by atoms with Gasteiger partial charge in [0, 0.05) is 10.6 Å². The zero-order valence-corrected chi connectivity index (χ0v) is 16.0. The summed E-state index contributed by atoms with van der Waals surface area (Å²) in [6, 6.07) is 20.4. The van der Waals surface area contributed by atoms with E-state index in [0.29, 0.717) is 10.6 Å². The van der Waals surface area contributed by atoms with Gasteiger partial charge in [-0.2, -0.15) is 11.8 Å². The van der Waals surface area contributed by atoms with E-state index in [-0.39, 0.29) is 0 Å². The predicted octanol–water partition coefficient (Wildman–Crippen LogP) is 2.34. The smallest absolute Gasteiger partial charge is 0.321 e. The van der Waals surface area contributed by atoms with Crippen LogP contribution in [0.4, 0.5) is 0 Å². The third-order valence-electron chi connectivity index (χ3n) is 4.56. The van der Waals surface area contributed by atoms with Gasteiger partial charge in [-0.05, 0) is 6.42 Å². The standard InChI is InChI=1S/C19H25NO2SSi/c1-3-18(23-14-17(20)19(21)22)24(2,15-10-6-4-7-11-15)16-12-8-5-9-13-16/h4-13,17-18H,3,14,20H2,1-2H3,(H,21,22)/t17-,18?/m0/s1. The summed E-state index contributed by atoms with van der Waals surface area (Å²) >= 11 is 1.71. The Bertz CT molecular complexity index is 611. The molecule has 0 bridgehead atoms.